The average molecular weight is 634 g/mol. The van der Waals surface area contributed by atoms with Crippen LogP contribution in [-0.4, -0.2) is 20.1 Å². The van der Waals surface area contributed by atoms with E-state index in [0.29, 0.717) is 50.4 Å². The molecule has 0 spiro atoms. The first-order valence-electron chi connectivity index (χ1n) is 12.4. The van der Waals surface area contributed by atoms with Gasteiger partial charge in [0.25, 0.3) is 5.91 Å². The minimum Gasteiger partial charge on any atom is -0.493 e. The molecule has 0 aromatic heterocycles. The van der Waals surface area contributed by atoms with E-state index in [4.69, 9.17) is 30.5 Å². The second kappa shape index (κ2) is 14.3. The number of nitrogens with zero attached hydrogens (tertiary/aromatic N) is 1. The van der Waals surface area contributed by atoms with Gasteiger partial charge in [0.2, 0.25) is 0 Å². The maximum Gasteiger partial charge on any atom is 0.266 e. The molecule has 0 radical (unpaired) electrons. The third-order valence-electron chi connectivity index (χ3n) is 5.90. The van der Waals surface area contributed by atoms with Gasteiger partial charge >= 0.3 is 0 Å². The average Bonchev–Trinajstić information content (AvgIpc) is 2.99. The van der Waals surface area contributed by atoms with Gasteiger partial charge in [-0.3, -0.25) is 4.79 Å². The summed E-state index contributed by atoms with van der Waals surface area (Å²) in [5.74, 6) is 1.52. The molecule has 0 atom stereocenters. The van der Waals surface area contributed by atoms with E-state index in [0.717, 1.165) is 11.1 Å². The third kappa shape index (κ3) is 7.82. The van der Waals surface area contributed by atoms with E-state index in [2.05, 4.69) is 21.2 Å². The number of benzene rings is 4. The Bertz CT molecular complexity index is 1600. The molecule has 0 saturated carbocycles. The van der Waals surface area contributed by atoms with Crippen LogP contribution < -0.4 is 24.3 Å². The lowest BCUT2D eigenvalue weighted by molar-refractivity contribution is -0.112. The fourth-order valence-electron chi connectivity index (χ4n) is 3.84. The fourth-order valence-corrected chi connectivity index (χ4v) is 4.60. The number of hydrogen-bond acceptors (Lipinski definition) is 6. The van der Waals surface area contributed by atoms with Crippen LogP contribution in [0.15, 0.2) is 95.0 Å². The molecule has 0 heterocycles. The minimum atomic E-state index is -0.582. The molecule has 9 heteroatoms. The van der Waals surface area contributed by atoms with E-state index < -0.39 is 5.91 Å². The van der Waals surface area contributed by atoms with Crippen molar-refractivity contribution < 1.29 is 23.7 Å². The summed E-state index contributed by atoms with van der Waals surface area (Å²) in [6.45, 7) is 0.649. The maximum absolute atomic E-state index is 12.7. The van der Waals surface area contributed by atoms with Crippen molar-refractivity contribution in [2.75, 3.05) is 19.5 Å². The van der Waals surface area contributed by atoms with Crippen LogP contribution in [0, 0.1) is 11.3 Å². The smallest absolute Gasteiger partial charge is 0.266 e. The minimum absolute atomic E-state index is 0.103. The van der Waals surface area contributed by atoms with Crippen molar-refractivity contribution in [3.63, 3.8) is 0 Å². The number of methoxy groups -OCH3 is 2. The zero-order valence-corrected chi connectivity index (χ0v) is 24.7. The monoisotopic (exact) mass is 632 g/mol. The second-order valence-electron chi connectivity index (χ2n) is 8.69. The number of anilines is 1. The van der Waals surface area contributed by atoms with Crippen LogP contribution in [-0.2, 0) is 18.0 Å². The van der Waals surface area contributed by atoms with Crippen molar-refractivity contribution >= 4 is 45.2 Å². The third-order valence-corrected chi connectivity index (χ3v) is 6.82. The molecule has 1 N–H and O–H groups in total. The van der Waals surface area contributed by atoms with Crippen LogP contribution in [0.2, 0.25) is 5.02 Å². The molecule has 0 unspecified atom stereocenters. The van der Waals surface area contributed by atoms with E-state index in [9.17, 15) is 10.1 Å². The molecule has 0 aliphatic heterocycles. The quantitative estimate of drug-likeness (QED) is 0.134. The van der Waals surface area contributed by atoms with Gasteiger partial charge in [-0.2, -0.15) is 5.26 Å². The van der Waals surface area contributed by atoms with Gasteiger partial charge in [0.1, 0.15) is 24.9 Å². The molecule has 4 aromatic carbocycles. The lowest BCUT2D eigenvalue weighted by Gasteiger charge is -2.15. The Balaban J connectivity index is 1.47. The molecule has 7 nitrogen and oxygen atoms in total. The maximum atomic E-state index is 12.7. The highest BCUT2D eigenvalue weighted by atomic mass is 79.9. The zero-order valence-electron chi connectivity index (χ0n) is 22.3. The number of para-hydroxylation sites is 1. The van der Waals surface area contributed by atoms with E-state index in [1.165, 1.54) is 13.2 Å². The van der Waals surface area contributed by atoms with Crippen molar-refractivity contribution in [1.82, 2.24) is 0 Å². The Hall–Kier alpha value is -4.45. The van der Waals surface area contributed by atoms with Crippen LogP contribution >= 0.6 is 27.5 Å². The summed E-state index contributed by atoms with van der Waals surface area (Å²) in [6.07, 6.45) is 1.46. The number of nitrogens with one attached hydrogen (secondary N) is 1. The lowest BCUT2D eigenvalue weighted by atomic mass is 10.1. The Morgan fingerprint density at radius 2 is 1.59 bits per heavy atom. The molecule has 1 amide bonds. The summed E-state index contributed by atoms with van der Waals surface area (Å²) < 4.78 is 23.7. The molecule has 0 bridgehead atoms. The summed E-state index contributed by atoms with van der Waals surface area (Å²) in [5.41, 5.74) is 2.79. The van der Waals surface area contributed by atoms with Gasteiger partial charge in [0.15, 0.2) is 23.0 Å². The summed E-state index contributed by atoms with van der Waals surface area (Å²) in [6, 6.07) is 27.6. The largest absolute Gasteiger partial charge is 0.493 e. The van der Waals surface area contributed by atoms with Crippen LogP contribution in [0.1, 0.15) is 16.7 Å². The number of nitriles is 1. The van der Waals surface area contributed by atoms with E-state index >= 15 is 0 Å². The molecule has 0 saturated heterocycles. The fraction of sp³-hybridized carbons (Fsp3) is 0.125. The summed E-state index contributed by atoms with van der Waals surface area (Å²) in [4.78, 5) is 12.7. The van der Waals surface area contributed by atoms with Crippen molar-refractivity contribution in [3.05, 3.63) is 117 Å². The van der Waals surface area contributed by atoms with Gasteiger partial charge in [-0.25, -0.2) is 0 Å². The first kappa shape index (κ1) is 29.5. The Labute approximate surface area is 252 Å². The molecule has 4 rings (SSSR count). The number of ether oxygens (including phenoxy) is 4. The highest BCUT2D eigenvalue weighted by Gasteiger charge is 2.16. The van der Waals surface area contributed by atoms with Gasteiger partial charge in [-0.05, 0) is 75.1 Å². The van der Waals surface area contributed by atoms with Gasteiger partial charge in [-0.1, -0.05) is 60.1 Å². The van der Waals surface area contributed by atoms with Crippen LogP contribution in [0.25, 0.3) is 6.08 Å². The first-order valence-corrected chi connectivity index (χ1v) is 13.6. The Kier molecular flexibility index (Phi) is 10.3. The van der Waals surface area contributed by atoms with Crippen molar-refractivity contribution in [3.8, 4) is 29.1 Å². The molecular weight excluding hydrogens is 608 g/mol. The van der Waals surface area contributed by atoms with E-state index in [1.807, 2.05) is 54.6 Å². The number of halogens is 2. The molecule has 4 aromatic rings. The predicted molar refractivity (Wildman–Crippen MR) is 162 cm³/mol. The normalized spacial score (nSPS) is 10.9. The standard InChI is InChI=1S/C32H26BrClN2O5/c1-38-29-16-22(12-13-28(29)40-19-21-8-4-3-5-9-21)20-41-31-25(33)15-23(17-30(31)39-2)14-24(18-35)32(37)36-27-11-7-6-10-26(27)34/h3-17H,19-20H2,1-2H3,(H,36,37)/b24-14+. The zero-order chi connectivity index (χ0) is 29.2. The number of carbonyl (C=O) groups is 1. The number of amides is 1. The molecule has 0 aliphatic rings. The molecular formula is C32H26BrClN2O5. The van der Waals surface area contributed by atoms with Crippen LogP contribution in [0.3, 0.4) is 0 Å². The first-order chi connectivity index (χ1) is 19.9. The topological polar surface area (TPSA) is 89.8 Å². The SMILES string of the molecule is COc1cc(COc2c(Br)cc(/C=C(\C#N)C(=O)Nc3ccccc3Cl)cc2OC)ccc1OCc1ccccc1. The van der Waals surface area contributed by atoms with E-state index in [-0.39, 0.29) is 12.2 Å². The number of carbonyl (C=O) groups excluding carboxylic acids is 1. The van der Waals surface area contributed by atoms with Gasteiger partial charge < -0.3 is 24.3 Å². The molecule has 41 heavy (non-hydrogen) atoms. The van der Waals surface area contributed by atoms with Crippen LogP contribution in [0.4, 0.5) is 5.69 Å². The van der Waals surface area contributed by atoms with Crippen molar-refractivity contribution in [2.24, 2.45) is 0 Å². The Morgan fingerprint density at radius 3 is 2.29 bits per heavy atom. The summed E-state index contributed by atoms with van der Waals surface area (Å²) in [5, 5.41) is 12.6. The molecule has 0 aliphatic carbocycles. The summed E-state index contributed by atoms with van der Waals surface area (Å²) >= 11 is 9.65. The Morgan fingerprint density at radius 1 is 0.878 bits per heavy atom. The second-order valence-corrected chi connectivity index (χ2v) is 9.95. The predicted octanol–water partition coefficient (Wildman–Crippen LogP) is 7.82. The highest BCUT2D eigenvalue weighted by molar-refractivity contribution is 9.10. The lowest BCUT2D eigenvalue weighted by Crippen LogP contribution is -2.13. The molecule has 208 valence electrons. The van der Waals surface area contributed by atoms with Crippen LogP contribution in [0.5, 0.6) is 23.0 Å². The van der Waals surface area contributed by atoms with Crippen molar-refractivity contribution in [2.45, 2.75) is 13.2 Å². The number of rotatable bonds is 11. The molecule has 0 fully saturated rings. The van der Waals surface area contributed by atoms with Gasteiger partial charge in [0, 0.05) is 0 Å². The number of hydrogen-bond donors (Lipinski definition) is 1. The van der Waals surface area contributed by atoms with Crippen molar-refractivity contribution in [1.29, 1.82) is 5.26 Å². The van der Waals surface area contributed by atoms with Gasteiger partial charge in [0.05, 0.1) is 29.4 Å². The van der Waals surface area contributed by atoms with E-state index in [1.54, 1.807) is 43.5 Å². The van der Waals surface area contributed by atoms with Gasteiger partial charge in [-0.15, -0.1) is 0 Å². The summed E-state index contributed by atoms with van der Waals surface area (Å²) in [7, 11) is 3.10. The highest BCUT2D eigenvalue weighted by Crippen LogP contribution is 2.38.